The fraction of sp³-hybridized carbons (Fsp3) is 0.292. The molecule has 1 saturated heterocycles. The summed E-state index contributed by atoms with van der Waals surface area (Å²) in [6, 6.07) is 5.37. The number of aromatic nitrogens is 4. The Morgan fingerprint density at radius 2 is 1.97 bits per heavy atom. The summed E-state index contributed by atoms with van der Waals surface area (Å²) >= 11 is 3.24. The van der Waals surface area contributed by atoms with Gasteiger partial charge < -0.3 is 20.5 Å². The van der Waals surface area contributed by atoms with E-state index in [1.165, 1.54) is 10.6 Å². The van der Waals surface area contributed by atoms with Crippen LogP contribution in [-0.4, -0.2) is 55.0 Å². The number of pyridine rings is 1. The molecule has 4 heterocycles. The molecule has 0 aliphatic carbocycles. The minimum atomic E-state index is -4.60. The summed E-state index contributed by atoms with van der Waals surface area (Å²) in [6.07, 6.45) is -5.10. The number of carbonyl (C=O) groups excluding carboxylic acids is 2. The SMILES string of the molecule is Cc1ccc(Br)nc1NC(=O)[C@H]1C[C@@H](F)CN1C(=O)Cn1c2ccc(C(F)(F)F)cc2c2c(N)ncnc21. The molecule has 38 heavy (non-hydrogen) atoms. The second-order valence-electron chi connectivity index (χ2n) is 8.96. The van der Waals surface area contributed by atoms with E-state index in [0.717, 1.165) is 23.4 Å². The van der Waals surface area contributed by atoms with Crippen molar-refractivity contribution >= 4 is 61.3 Å². The van der Waals surface area contributed by atoms with Gasteiger partial charge >= 0.3 is 6.18 Å². The Morgan fingerprint density at radius 3 is 2.71 bits per heavy atom. The average Bonchev–Trinajstić information content (AvgIpc) is 3.39. The van der Waals surface area contributed by atoms with E-state index in [1.807, 2.05) is 0 Å². The highest BCUT2D eigenvalue weighted by Crippen LogP contribution is 2.36. The monoisotopic (exact) mass is 593 g/mol. The van der Waals surface area contributed by atoms with Gasteiger partial charge in [0.15, 0.2) is 0 Å². The summed E-state index contributed by atoms with van der Waals surface area (Å²) in [4.78, 5) is 39.9. The predicted molar refractivity (Wildman–Crippen MR) is 135 cm³/mol. The van der Waals surface area contributed by atoms with Gasteiger partial charge in [-0.25, -0.2) is 19.3 Å². The predicted octanol–water partition coefficient (Wildman–Crippen LogP) is 4.23. The van der Waals surface area contributed by atoms with Crippen LogP contribution >= 0.6 is 15.9 Å². The van der Waals surface area contributed by atoms with E-state index in [0.29, 0.717) is 10.2 Å². The number of benzene rings is 1. The van der Waals surface area contributed by atoms with Gasteiger partial charge in [-0.15, -0.1) is 0 Å². The summed E-state index contributed by atoms with van der Waals surface area (Å²) in [5.41, 5.74) is 6.16. The number of alkyl halides is 4. The fourth-order valence-electron chi connectivity index (χ4n) is 4.64. The molecule has 2 atom stereocenters. The molecule has 14 heteroatoms. The third-order valence-electron chi connectivity index (χ3n) is 6.47. The molecule has 0 unspecified atom stereocenters. The summed E-state index contributed by atoms with van der Waals surface area (Å²) in [5.74, 6) is -0.991. The molecule has 1 aromatic carbocycles. The van der Waals surface area contributed by atoms with E-state index in [2.05, 4.69) is 36.2 Å². The number of hydrogen-bond acceptors (Lipinski definition) is 6. The van der Waals surface area contributed by atoms with Gasteiger partial charge in [0.1, 0.15) is 47.0 Å². The molecule has 2 amide bonds. The number of rotatable bonds is 4. The Hall–Kier alpha value is -3.81. The van der Waals surface area contributed by atoms with E-state index in [1.54, 1.807) is 19.1 Å². The molecule has 198 valence electrons. The smallest absolute Gasteiger partial charge is 0.383 e. The van der Waals surface area contributed by atoms with Gasteiger partial charge in [0.25, 0.3) is 0 Å². The van der Waals surface area contributed by atoms with E-state index in [9.17, 15) is 27.2 Å². The maximum Gasteiger partial charge on any atom is 0.416 e. The van der Waals surface area contributed by atoms with Crippen molar-refractivity contribution in [3.8, 4) is 0 Å². The molecule has 0 saturated carbocycles. The van der Waals surface area contributed by atoms with E-state index in [-0.39, 0.29) is 46.5 Å². The maximum atomic E-state index is 14.5. The van der Waals surface area contributed by atoms with Gasteiger partial charge in [0.05, 0.1) is 23.0 Å². The van der Waals surface area contributed by atoms with Crippen LogP contribution < -0.4 is 11.1 Å². The van der Waals surface area contributed by atoms with Crippen molar-refractivity contribution in [3.63, 3.8) is 0 Å². The maximum absolute atomic E-state index is 14.5. The summed E-state index contributed by atoms with van der Waals surface area (Å²) in [7, 11) is 0. The second-order valence-corrected chi connectivity index (χ2v) is 9.77. The number of aryl methyl sites for hydroxylation is 1. The molecule has 5 rings (SSSR count). The Balaban J connectivity index is 1.49. The van der Waals surface area contributed by atoms with Crippen LogP contribution in [0.2, 0.25) is 0 Å². The number of nitrogen functional groups attached to an aromatic ring is 1. The molecule has 3 aromatic heterocycles. The van der Waals surface area contributed by atoms with Crippen LogP contribution in [0.15, 0.2) is 41.3 Å². The minimum absolute atomic E-state index is 0.0512. The molecule has 0 spiro atoms. The fourth-order valence-corrected chi connectivity index (χ4v) is 4.95. The summed E-state index contributed by atoms with van der Waals surface area (Å²) < 4.78 is 56.5. The molecule has 1 fully saturated rings. The number of nitrogens with zero attached hydrogens (tertiary/aromatic N) is 5. The van der Waals surface area contributed by atoms with E-state index in [4.69, 9.17) is 5.73 Å². The number of amides is 2. The zero-order valence-corrected chi connectivity index (χ0v) is 21.3. The highest BCUT2D eigenvalue weighted by Gasteiger charge is 2.40. The highest BCUT2D eigenvalue weighted by atomic mass is 79.9. The van der Waals surface area contributed by atoms with Crippen LogP contribution in [0.4, 0.5) is 29.2 Å². The lowest BCUT2D eigenvalue weighted by molar-refractivity contribution is -0.137. The Kier molecular flexibility index (Phi) is 6.45. The van der Waals surface area contributed by atoms with Gasteiger partial charge in [-0.2, -0.15) is 13.2 Å². The van der Waals surface area contributed by atoms with Crippen LogP contribution in [0.25, 0.3) is 21.9 Å². The van der Waals surface area contributed by atoms with Gasteiger partial charge in [-0.05, 0) is 52.7 Å². The lowest BCUT2D eigenvalue weighted by atomic mass is 10.1. The topological polar surface area (TPSA) is 119 Å². The first-order chi connectivity index (χ1) is 17.9. The summed E-state index contributed by atoms with van der Waals surface area (Å²) in [6.45, 7) is 1.02. The quantitative estimate of drug-likeness (QED) is 0.270. The Bertz CT molecular complexity index is 1590. The number of carbonyl (C=O) groups is 2. The first-order valence-electron chi connectivity index (χ1n) is 11.4. The number of halogens is 5. The molecule has 3 N–H and O–H groups in total. The van der Waals surface area contributed by atoms with Gasteiger partial charge in [0.2, 0.25) is 11.8 Å². The van der Waals surface area contributed by atoms with Gasteiger partial charge in [-0.1, -0.05) is 6.07 Å². The average molecular weight is 594 g/mol. The van der Waals surface area contributed by atoms with Crippen LogP contribution in [0.3, 0.4) is 0 Å². The van der Waals surface area contributed by atoms with Crippen molar-refractivity contribution in [2.75, 3.05) is 17.6 Å². The van der Waals surface area contributed by atoms with E-state index >= 15 is 0 Å². The zero-order valence-electron chi connectivity index (χ0n) is 19.8. The molecule has 1 aliphatic heterocycles. The zero-order chi connectivity index (χ0) is 27.4. The first-order valence-corrected chi connectivity index (χ1v) is 12.2. The van der Waals surface area contributed by atoms with Crippen molar-refractivity contribution in [2.24, 2.45) is 0 Å². The van der Waals surface area contributed by atoms with Crippen LogP contribution in [0, 0.1) is 6.92 Å². The van der Waals surface area contributed by atoms with Crippen LogP contribution in [0.1, 0.15) is 17.5 Å². The van der Waals surface area contributed by atoms with Crippen LogP contribution in [0.5, 0.6) is 0 Å². The third-order valence-corrected chi connectivity index (χ3v) is 6.91. The van der Waals surface area contributed by atoms with Crippen molar-refractivity contribution < 1.29 is 27.2 Å². The van der Waals surface area contributed by atoms with Gasteiger partial charge in [0, 0.05) is 11.8 Å². The molecule has 0 bridgehead atoms. The normalized spacial score (nSPS) is 17.9. The number of nitrogens with one attached hydrogen (secondary N) is 1. The number of likely N-dealkylation sites (tertiary alicyclic amines) is 1. The van der Waals surface area contributed by atoms with E-state index < -0.39 is 42.3 Å². The number of fused-ring (bicyclic) bond motifs is 3. The van der Waals surface area contributed by atoms with Crippen molar-refractivity contribution in [1.29, 1.82) is 0 Å². The first kappa shape index (κ1) is 25.8. The third kappa shape index (κ3) is 4.64. The summed E-state index contributed by atoms with van der Waals surface area (Å²) in [5, 5.41) is 2.94. The van der Waals surface area contributed by atoms with Crippen molar-refractivity contribution in [1.82, 2.24) is 24.4 Å². The van der Waals surface area contributed by atoms with Gasteiger partial charge in [-0.3, -0.25) is 9.59 Å². The lowest BCUT2D eigenvalue weighted by Crippen LogP contribution is -2.44. The lowest BCUT2D eigenvalue weighted by Gasteiger charge is -2.24. The minimum Gasteiger partial charge on any atom is -0.383 e. The van der Waals surface area contributed by atoms with Crippen LogP contribution in [-0.2, 0) is 22.3 Å². The van der Waals surface area contributed by atoms with Crippen molar-refractivity contribution in [3.05, 3.63) is 52.4 Å². The molecule has 9 nitrogen and oxygen atoms in total. The molecular formula is C24H20BrF4N7O2. The molecule has 1 aliphatic rings. The standard InChI is InChI=1S/C24H20BrF4N7O2/c1-11-2-5-17(25)33-21(11)34-23(38)16-7-13(26)8-35(16)18(37)9-36-15-4-3-12(24(27,28)29)6-14(15)19-20(30)31-10-32-22(19)36/h2-6,10,13,16H,7-9H2,1H3,(H2,30,31,32)(H,33,34,38)/t13-,16-/m1/s1. The number of nitrogens with two attached hydrogens (primary N) is 1. The molecule has 0 radical (unpaired) electrons. The highest BCUT2D eigenvalue weighted by molar-refractivity contribution is 9.10. The number of hydrogen-bond donors (Lipinski definition) is 2. The second kappa shape index (κ2) is 9.49. The molecular weight excluding hydrogens is 574 g/mol. The largest absolute Gasteiger partial charge is 0.416 e. The Labute approximate surface area is 221 Å². The Morgan fingerprint density at radius 1 is 1.21 bits per heavy atom. The number of anilines is 2. The van der Waals surface area contributed by atoms with Crippen molar-refractivity contribution in [2.45, 2.75) is 38.3 Å². The molecule has 4 aromatic rings.